The number of fused-ring (bicyclic) bond motifs is 1. The molecule has 2 aromatic carbocycles. The van der Waals surface area contributed by atoms with Gasteiger partial charge in [0, 0.05) is 16.4 Å². The Labute approximate surface area is 139 Å². The van der Waals surface area contributed by atoms with Gasteiger partial charge in [-0.25, -0.2) is 0 Å². The van der Waals surface area contributed by atoms with E-state index in [1.807, 2.05) is 67.6 Å². The molecule has 0 saturated heterocycles. The Balaban J connectivity index is 1.58. The predicted octanol–water partition coefficient (Wildman–Crippen LogP) is 4.92. The van der Waals surface area contributed by atoms with E-state index >= 15 is 0 Å². The van der Waals surface area contributed by atoms with E-state index < -0.39 is 0 Å². The zero-order valence-electron chi connectivity index (χ0n) is 12.7. The van der Waals surface area contributed by atoms with E-state index in [9.17, 15) is 4.79 Å². The van der Waals surface area contributed by atoms with Crippen LogP contribution in [0.3, 0.4) is 0 Å². The van der Waals surface area contributed by atoms with E-state index in [4.69, 9.17) is 4.42 Å². The number of benzene rings is 2. The third-order valence-electron chi connectivity index (χ3n) is 3.40. The lowest BCUT2D eigenvalue weighted by Crippen LogP contribution is -2.24. The zero-order chi connectivity index (χ0) is 16.1. The van der Waals surface area contributed by atoms with Crippen molar-refractivity contribution >= 4 is 28.6 Å². The van der Waals surface area contributed by atoms with E-state index in [1.165, 1.54) is 17.8 Å². The monoisotopic (exact) mass is 323 g/mol. The van der Waals surface area contributed by atoms with Gasteiger partial charge in [-0.15, -0.1) is 0 Å². The summed E-state index contributed by atoms with van der Waals surface area (Å²) in [7, 11) is 0. The van der Waals surface area contributed by atoms with Gasteiger partial charge in [0.25, 0.3) is 0 Å². The molecule has 1 amide bonds. The van der Waals surface area contributed by atoms with Gasteiger partial charge in [0.2, 0.25) is 5.91 Å². The largest absolute Gasteiger partial charge is 0.459 e. The molecule has 0 saturated carbocycles. The molecule has 0 bridgehead atoms. The second kappa shape index (κ2) is 7.20. The average molecular weight is 323 g/mol. The van der Waals surface area contributed by atoms with Crippen LogP contribution in [0.1, 0.15) is 18.7 Å². The highest BCUT2D eigenvalue weighted by molar-refractivity contribution is 8.02. The number of nitrogens with one attached hydrogen (secondary N) is 1. The summed E-state index contributed by atoms with van der Waals surface area (Å²) in [6.45, 7) is 1.91. The number of carbonyl (C=O) groups is 1. The third kappa shape index (κ3) is 4.05. The summed E-state index contributed by atoms with van der Waals surface area (Å²) in [6.07, 6.45) is 1.54. The van der Waals surface area contributed by atoms with Gasteiger partial charge in [0.15, 0.2) is 0 Å². The van der Waals surface area contributed by atoms with Gasteiger partial charge in [-0.2, -0.15) is 0 Å². The van der Waals surface area contributed by atoms with Gasteiger partial charge >= 0.3 is 0 Å². The van der Waals surface area contributed by atoms with Crippen molar-refractivity contribution in [3.8, 4) is 0 Å². The molecule has 3 nitrogen and oxygen atoms in total. The molecule has 0 aliphatic heterocycles. The summed E-state index contributed by atoms with van der Waals surface area (Å²) in [4.78, 5) is 13.1. The molecule has 1 heterocycles. The van der Waals surface area contributed by atoms with Crippen molar-refractivity contribution in [2.24, 2.45) is 0 Å². The lowest BCUT2D eigenvalue weighted by Gasteiger charge is -2.08. The highest BCUT2D eigenvalue weighted by Crippen LogP contribution is 2.23. The molecule has 0 aliphatic carbocycles. The molecule has 0 spiro atoms. The Hall–Kier alpha value is -2.46. The van der Waals surface area contributed by atoms with Crippen molar-refractivity contribution < 1.29 is 9.21 Å². The van der Waals surface area contributed by atoms with Gasteiger partial charge in [0.1, 0.15) is 11.3 Å². The number of hydrogen-bond acceptors (Lipinski definition) is 3. The van der Waals surface area contributed by atoms with E-state index in [2.05, 4.69) is 5.32 Å². The molecule has 23 heavy (non-hydrogen) atoms. The Morgan fingerprint density at radius 2 is 1.87 bits per heavy atom. The maximum absolute atomic E-state index is 12.0. The minimum absolute atomic E-state index is 0.138. The summed E-state index contributed by atoms with van der Waals surface area (Å²) in [5, 5.41) is 5.74. The number of carbonyl (C=O) groups excluding carboxylic acids is 1. The lowest BCUT2D eigenvalue weighted by molar-refractivity contribution is -0.117. The third-order valence-corrected chi connectivity index (χ3v) is 4.21. The summed E-state index contributed by atoms with van der Waals surface area (Å²) >= 11 is 1.51. The highest BCUT2D eigenvalue weighted by atomic mass is 32.2. The molecule has 4 heteroatoms. The van der Waals surface area contributed by atoms with Crippen molar-refractivity contribution in [2.75, 3.05) is 0 Å². The fraction of sp³-hybridized carbons (Fsp3) is 0.105. The zero-order valence-corrected chi connectivity index (χ0v) is 13.5. The van der Waals surface area contributed by atoms with Crippen LogP contribution in [0.25, 0.3) is 11.0 Å². The molecule has 3 aromatic rings. The standard InChI is InChI=1S/C19H17NO2S/c1-14(18-13-15-7-5-6-10-17(15)22-18)20-19(21)11-12-23-16-8-3-2-4-9-16/h2-14H,1H3,(H,20,21)/b12-11+/t14-/m1/s1. The van der Waals surface area contributed by atoms with Gasteiger partial charge in [0.05, 0.1) is 6.04 Å². The average Bonchev–Trinajstić information content (AvgIpc) is 3.00. The van der Waals surface area contributed by atoms with Crippen LogP contribution in [0, 0.1) is 0 Å². The van der Waals surface area contributed by atoms with Crippen LogP contribution in [0.4, 0.5) is 0 Å². The molecule has 116 valence electrons. The first-order chi connectivity index (χ1) is 11.2. The van der Waals surface area contributed by atoms with E-state index in [0.717, 1.165) is 21.6 Å². The topological polar surface area (TPSA) is 42.2 Å². The molecule has 1 N–H and O–H groups in total. The summed E-state index contributed by atoms with van der Waals surface area (Å²) in [5.74, 6) is 0.616. The van der Waals surface area contributed by atoms with Gasteiger partial charge in [-0.1, -0.05) is 48.2 Å². The number of rotatable bonds is 5. The molecule has 1 atom stereocenters. The summed E-state index contributed by atoms with van der Waals surface area (Å²) in [6, 6.07) is 19.5. The quantitative estimate of drug-likeness (QED) is 0.535. The normalized spacial score (nSPS) is 12.6. The van der Waals surface area contributed by atoms with Crippen molar-refractivity contribution in [3.05, 3.63) is 77.9 Å². The van der Waals surface area contributed by atoms with Gasteiger partial charge < -0.3 is 9.73 Å². The van der Waals surface area contributed by atoms with Crippen molar-refractivity contribution in [1.82, 2.24) is 5.32 Å². The SMILES string of the molecule is C[C@@H](NC(=O)/C=C/Sc1ccccc1)c1cc2ccccc2o1. The summed E-state index contributed by atoms with van der Waals surface area (Å²) < 4.78 is 5.76. The van der Waals surface area contributed by atoms with Crippen LogP contribution in [-0.2, 0) is 4.79 Å². The Kier molecular flexibility index (Phi) is 4.83. The fourth-order valence-corrected chi connectivity index (χ4v) is 2.88. The molecule has 0 fully saturated rings. The molecule has 0 aliphatic rings. The van der Waals surface area contributed by atoms with Crippen molar-refractivity contribution in [3.63, 3.8) is 0 Å². The molecular weight excluding hydrogens is 306 g/mol. The first-order valence-electron chi connectivity index (χ1n) is 7.39. The van der Waals surface area contributed by atoms with Gasteiger partial charge in [-0.05, 0) is 36.6 Å². The lowest BCUT2D eigenvalue weighted by atomic mass is 10.2. The second-order valence-electron chi connectivity index (χ2n) is 5.15. The molecular formula is C19H17NO2S. The number of furan rings is 1. The van der Waals surface area contributed by atoms with Crippen molar-refractivity contribution in [2.45, 2.75) is 17.9 Å². The van der Waals surface area contributed by atoms with Crippen LogP contribution in [0.2, 0.25) is 0 Å². The smallest absolute Gasteiger partial charge is 0.245 e. The highest BCUT2D eigenvalue weighted by Gasteiger charge is 2.12. The molecule has 1 aromatic heterocycles. The minimum Gasteiger partial charge on any atom is -0.459 e. The van der Waals surface area contributed by atoms with Crippen molar-refractivity contribution in [1.29, 1.82) is 0 Å². The number of thioether (sulfide) groups is 1. The first-order valence-corrected chi connectivity index (χ1v) is 8.27. The number of hydrogen-bond donors (Lipinski definition) is 1. The maximum atomic E-state index is 12.0. The van der Waals surface area contributed by atoms with Crippen LogP contribution in [0.15, 0.2) is 81.5 Å². The maximum Gasteiger partial charge on any atom is 0.245 e. The van der Waals surface area contributed by atoms with Crippen LogP contribution in [-0.4, -0.2) is 5.91 Å². The number of amides is 1. The molecule has 0 unspecified atom stereocenters. The fourth-order valence-electron chi connectivity index (χ4n) is 2.22. The van der Waals surface area contributed by atoms with E-state index in [-0.39, 0.29) is 11.9 Å². The van der Waals surface area contributed by atoms with E-state index in [0.29, 0.717) is 0 Å². The first kappa shape index (κ1) is 15.4. The van der Waals surface area contributed by atoms with Gasteiger partial charge in [-0.3, -0.25) is 4.79 Å². The Morgan fingerprint density at radius 1 is 1.13 bits per heavy atom. The Morgan fingerprint density at radius 3 is 2.65 bits per heavy atom. The molecule has 0 radical (unpaired) electrons. The summed E-state index contributed by atoms with van der Waals surface area (Å²) in [5.41, 5.74) is 0.832. The van der Waals surface area contributed by atoms with E-state index in [1.54, 1.807) is 5.41 Å². The minimum atomic E-state index is -0.179. The number of para-hydroxylation sites is 1. The van der Waals surface area contributed by atoms with Crippen LogP contribution < -0.4 is 5.32 Å². The second-order valence-corrected chi connectivity index (χ2v) is 6.13. The van der Waals surface area contributed by atoms with Crippen LogP contribution in [0.5, 0.6) is 0 Å². The molecule has 3 rings (SSSR count). The Bertz CT molecular complexity index is 791. The predicted molar refractivity (Wildman–Crippen MR) is 94.2 cm³/mol. The van der Waals surface area contributed by atoms with Crippen LogP contribution >= 0.6 is 11.8 Å².